The van der Waals surface area contributed by atoms with Crippen molar-refractivity contribution in [2.24, 2.45) is 7.05 Å². The van der Waals surface area contributed by atoms with Gasteiger partial charge in [0.25, 0.3) is 0 Å². The number of hydrogen-bond acceptors (Lipinski definition) is 3. The molecule has 0 atom stereocenters. The number of nitrogens with zero attached hydrogens (tertiary/aromatic N) is 2. The Kier molecular flexibility index (Phi) is 3.56. The van der Waals surface area contributed by atoms with Crippen LogP contribution in [-0.2, 0) is 7.05 Å². The van der Waals surface area contributed by atoms with Crippen molar-refractivity contribution < 1.29 is 4.39 Å². The molecule has 0 radical (unpaired) electrons. The van der Waals surface area contributed by atoms with Gasteiger partial charge in [0.05, 0.1) is 6.20 Å². The van der Waals surface area contributed by atoms with Gasteiger partial charge >= 0.3 is 5.69 Å². The normalized spacial score (nSPS) is 10.3. The molecule has 0 saturated heterocycles. The summed E-state index contributed by atoms with van der Waals surface area (Å²) in [6.45, 7) is 5.69. The minimum atomic E-state index is -0.793. The lowest BCUT2D eigenvalue weighted by molar-refractivity contribution is 0.544. The van der Waals surface area contributed by atoms with Gasteiger partial charge in [-0.25, -0.2) is 9.18 Å². The molecular weight excluding hydrogens is 259 g/mol. The second-order valence-electron chi connectivity index (χ2n) is 4.47. The lowest BCUT2D eigenvalue weighted by atomic mass is 10.2. The van der Waals surface area contributed by atoms with Crippen molar-refractivity contribution in [2.45, 2.75) is 6.92 Å². The van der Waals surface area contributed by atoms with Crippen LogP contribution in [0.4, 0.5) is 10.1 Å². The third kappa shape index (κ3) is 2.54. The number of nitrogens with one attached hydrogen (secondary N) is 2. The molecule has 1 aromatic heterocycles. The Morgan fingerprint density at radius 2 is 1.95 bits per heavy atom. The van der Waals surface area contributed by atoms with Gasteiger partial charge in [0.1, 0.15) is 5.82 Å². The molecule has 1 heterocycles. The van der Waals surface area contributed by atoms with Crippen LogP contribution in [0, 0.1) is 18.2 Å². The number of rotatable bonds is 3. The van der Waals surface area contributed by atoms with E-state index in [0.29, 0.717) is 0 Å². The fourth-order valence-corrected chi connectivity index (χ4v) is 1.70. The molecule has 0 saturated carbocycles. The number of halogens is 1. The Labute approximate surface area is 115 Å². The Morgan fingerprint density at radius 1 is 1.35 bits per heavy atom. The van der Waals surface area contributed by atoms with E-state index in [2.05, 4.69) is 11.9 Å². The molecule has 104 valence electrons. The predicted octanol–water partition coefficient (Wildman–Crippen LogP) is 1.65. The zero-order chi connectivity index (χ0) is 14.9. The Hall–Kier alpha value is -2.63. The largest absolute Gasteiger partial charge is 0.342 e. The maximum Gasteiger partial charge on any atom is 0.335 e. The van der Waals surface area contributed by atoms with E-state index in [1.807, 2.05) is 31.2 Å². The van der Waals surface area contributed by atoms with Crippen LogP contribution in [0.25, 0.3) is 5.82 Å². The Balaban J connectivity index is 2.37. The molecule has 6 heteroatoms. The van der Waals surface area contributed by atoms with Crippen molar-refractivity contribution in [3.05, 3.63) is 64.4 Å². The molecule has 0 fully saturated rings. The molecular formula is C14H15FN4O. The summed E-state index contributed by atoms with van der Waals surface area (Å²) in [4.78, 5) is 12.0. The molecule has 0 unspecified atom stereocenters. The number of anilines is 1. The van der Waals surface area contributed by atoms with Gasteiger partial charge in [0, 0.05) is 12.7 Å². The summed E-state index contributed by atoms with van der Waals surface area (Å²) < 4.78 is 15.5. The predicted molar refractivity (Wildman–Crippen MR) is 75.6 cm³/mol. The average molecular weight is 274 g/mol. The minimum Gasteiger partial charge on any atom is -0.342 e. The third-order valence-corrected chi connectivity index (χ3v) is 2.93. The maximum atomic E-state index is 13.5. The van der Waals surface area contributed by atoms with Gasteiger partial charge in [-0.1, -0.05) is 24.3 Å². The molecule has 5 nitrogen and oxygen atoms in total. The van der Waals surface area contributed by atoms with Crippen molar-refractivity contribution in [2.75, 3.05) is 5.32 Å². The van der Waals surface area contributed by atoms with Crippen LogP contribution < -0.4 is 16.5 Å². The molecule has 20 heavy (non-hydrogen) atoms. The van der Waals surface area contributed by atoms with Crippen LogP contribution in [-0.4, -0.2) is 9.13 Å². The summed E-state index contributed by atoms with van der Waals surface area (Å²) in [5.74, 6) is -0.577. The van der Waals surface area contributed by atoms with Crippen molar-refractivity contribution in [3.8, 4) is 0 Å². The topological polar surface area (TPSA) is 62.8 Å². The highest BCUT2D eigenvalue weighted by Gasteiger charge is 2.08. The van der Waals surface area contributed by atoms with E-state index >= 15 is 0 Å². The van der Waals surface area contributed by atoms with Crippen LogP contribution in [0.5, 0.6) is 0 Å². The first-order chi connectivity index (χ1) is 9.40. The quantitative estimate of drug-likeness (QED) is 0.894. The van der Waals surface area contributed by atoms with Crippen LogP contribution in [0.3, 0.4) is 0 Å². The molecule has 2 rings (SSSR count). The fourth-order valence-electron chi connectivity index (χ4n) is 1.70. The van der Waals surface area contributed by atoms with E-state index in [-0.39, 0.29) is 5.82 Å². The summed E-state index contributed by atoms with van der Waals surface area (Å²) in [6.07, 6.45) is 0.953. The molecule has 0 spiro atoms. The summed E-state index contributed by atoms with van der Waals surface area (Å²) >= 11 is 0. The summed E-state index contributed by atoms with van der Waals surface area (Å²) in [5.41, 5.74) is 0.843. The minimum absolute atomic E-state index is 0.216. The van der Waals surface area contributed by atoms with E-state index in [1.54, 1.807) is 0 Å². The second-order valence-corrected chi connectivity index (χ2v) is 4.47. The second kappa shape index (κ2) is 5.16. The van der Waals surface area contributed by atoms with Crippen molar-refractivity contribution in [1.82, 2.24) is 9.13 Å². The maximum absolute atomic E-state index is 13.5. The number of aryl methyl sites for hydroxylation is 1. The summed E-state index contributed by atoms with van der Waals surface area (Å²) in [5, 5.41) is 10.3. The zero-order valence-corrected chi connectivity index (χ0v) is 11.3. The van der Waals surface area contributed by atoms with Gasteiger partial charge < -0.3 is 5.32 Å². The van der Waals surface area contributed by atoms with Crippen LogP contribution in [0.2, 0.25) is 0 Å². The Morgan fingerprint density at radius 3 is 2.55 bits per heavy atom. The van der Waals surface area contributed by atoms with E-state index in [9.17, 15) is 9.18 Å². The highest BCUT2D eigenvalue weighted by molar-refractivity contribution is 5.63. The molecule has 0 aliphatic heterocycles. The van der Waals surface area contributed by atoms with Crippen LogP contribution in [0.15, 0.2) is 41.8 Å². The van der Waals surface area contributed by atoms with Crippen molar-refractivity contribution >= 4 is 11.5 Å². The van der Waals surface area contributed by atoms with Crippen LogP contribution >= 0.6 is 0 Å². The molecule has 2 N–H and O–H groups in total. The average Bonchev–Trinajstić information content (AvgIpc) is 2.43. The van der Waals surface area contributed by atoms with Gasteiger partial charge in [0.2, 0.25) is 0 Å². The molecule has 0 aliphatic carbocycles. The standard InChI is InChI=1S/C14H15FN4O/c1-9-4-6-11(7-5-9)17-10(2)19-8-12(15)13(16)18(3)14(19)20/h4-8,16-17H,2H2,1,3H3. The fraction of sp³-hybridized carbons (Fsp3) is 0.143. The highest BCUT2D eigenvalue weighted by atomic mass is 19.1. The van der Waals surface area contributed by atoms with Gasteiger partial charge in [-0.05, 0) is 19.1 Å². The van der Waals surface area contributed by atoms with Crippen molar-refractivity contribution in [1.29, 1.82) is 5.41 Å². The number of aromatic nitrogens is 2. The molecule has 0 aliphatic rings. The lowest BCUT2D eigenvalue weighted by Gasteiger charge is -2.13. The first-order valence-electron chi connectivity index (χ1n) is 5.96. The molecule has 0 bridgehead atoms. The zero-order valence-electron chi connectivity index (χ0n) is 11.3. The summed E-state index contributed by atoms with van der Waals surface area (Å²) in [6, 6.07) is 7.49. The highest BCUT2D eigenvalue weighted by Crippen LogP contribution is 2.12. The van der Waals surface area contributed by atoms with E-state index in [4.69, 9.17) is 5.41 Å². The van der Waals surface area contributed by atoms with Gasteiger partial charge in [-0.2, -0.15) is 0 Å². The first kappa shape index (κ1) is 13.8. The van der Waals surface area contributed by atoms with E-state index in [0.717, 1.165) is 26.6 Å². The monoisotopic (exact) mass is 274 g/mol. The van der Waals surface area contributed by atoms with Gasteiger partial charge in [0.15, 0.2) is 11.3 Å². The number of hydrogen-bond donors (Lipinski definition) is 2. The van der Waals surface area contributed by atoms with Gasteiger partial charge in [-0.3, -0.25) is 14.5 Å². The third-order valence-electron chi connectivity index (χ3n) is 2.93. The van der Waals surface area contributed by atoms with E-state index < -0.39 is 17.0 Å². The Bertz CT molecular complexity index is 771. The smallest absolute Gasteiger partial charge is 0.335 e. The summed E-state index contributed by atoms with van der Waals surface area (Å²) in [7, 11) is 1.34. The molecule has 0 amide bonds. The SMILES string of the molecule is C=C(Nc1ccc(C)cc1)n1cc(F)c(=N)n(C)c1=O. The van der Waals surface area contributed by atoms with Crippen LogP contribution in [0.1, 0.15) is 5.56 Å². The van der Waals surface area contributed by atoms with Gasteiger partial charge in [-0.15, -0.1) is 0 Å². The van der Waals surface area contributed by atoms with Crippen molar-refractivity contribution in [3.63, 3.8) is 0 Å². The van der Waals surface area contributed by atoms with E-state index in [1.165, 1.54) is 7.05 Å². The molecule has 2 aromatic rings. The number of benzene rings is 1. The molecule has 1 aromatic carbocycles. The lowest BCUT2D eigenvalue weighted by Crippen LogP contribution is -2.39. The first-order valence-corrected chi connectivity index (χ1v) is 5.96.